The van der Waals surface area contributed by atoms with Crippen molar-refractivity contribution in [3.8, 4) is 0 Å². The van der Waals surface area contributed by atoms with Gasteiger partial charge in [-0.1, -0.05) is 34.1 Å². The Bertz CT molecular complexity index is 143. The van der Waals surface area contributed by atoms with Crippen molar-refractivity contribution in [3.05, 3.63) is 0 Å². The number of rotatable bonds is 7. The van der Waals surface area contributed by atoms with Crippen LogP contribution >= 0.6 is 0 Å². The number of likely N-dealkylation sites (N-methyl/N-ethyl adjacent to an activating group) is 1. The maximum Gasteiger partial charge on any atom is 0.0102 e. The Morgan fingerprint density at radius 2 is 1.93 bits per heavy atom. The van der Waals surface area contributed by atoms with Crippen LogP contribution < -0.4 is 5.73 Å². The van der Waals surface area contributed by atoms with Gasteiger partial charge in [-0.2, -0.15) is 0 Å². The lowest BCUT2D eigenvalue weighted by molar-refractivity contribution is 0.178. The van der Waals surface area contributed by atoms with Crippen LogP contribution in [0.4, 0.5) is 0 Å². The molecule has 14 heavy (non-hydrogen) atoms. The van der Waals surface area contributed by atoms with E-state index in [0.717, 1.165) is 25.6 Å². The van der Waals surface area contributed by atoms with Crippen molar-refractivity contribution in [3.63, 3.8) is 0 Å². The Balaban J connectivity index is 3.92. The predicted molar refractivity (Wildman–Crippen MR) is 64.4 cm³/mol. The summed E-state index contributed by atoms with van der Waals surface area (Å²) < 4.78 is 0. The smallest absolute Gasteiger partial charge is 0.0102 e. The molecule has 2 heteroatoms. The van der Waals surface area contributed by atoms with E-state index in [1.807, 2.05) is 0 Å². The Morgan fingerprint density at radius 1 is 1.36 bits per heavy atom. The summed E-state index contributed by atoms with van der Waals surface area (Å²) in [5.74, 6) is 0.830. The molecule has 0 aromatic heterocycles. The average Bonchev–Trinajstić information content (AvgIpc) is 2.02. The maximum atomic E-state index is 5.53. The Labute approximate surface area is 89.9 Å². The van der Waals surface area contributed by atoms with Gasteiger partial charge in [-0.25, -0.2) is 0 Å². The van der Waals surface area contributed by atoms with Gasteiger partial charge in [0.25, 0.3) is 0 Å². The second-order valence-electron chi connectivity index (χ2n) is 5.41. The fourth-order valence-corrected chi connectivity index (χ4v) is 2.18. The summed E-state index contributed by atoms with van der Waals surface area (Å²) in [6, 6.07) is 0. The highest BCUT2D eigenvalue weighted by molar-refractivity contribution is 4.74. The third kappa shape index (κ3) is 6.39. The first-order valence-electron chi connectivity index (χ1n) is 5.80. The largest absolute Gasteiger partial charge is 0.329 e. The van der Waals surface area contributed by atoms with Gasteiger partial charge in [0, 0.05) is 19.6 Å². The van der Waals surface area contributed by atoms with E-state index in [0.29, 0.717) is 5.41 Å². The molecular weight excluding hydrogens is 172 g/mol. The first-order chi connectivity index (χ1) is 6.41. The van der Waals surface area contributed by atoms with Crippen molar-refractivity contribution < 1.29 is 0 Å². The minimum atomic E-state index is 0.416. The summed E-state index contributed by atoms with van der Waals surface area (Å²) in [4.78, 5) is 2.34. The van der Waals surface area contributed by atoms with E-state index in [1.54, 1.807) is 0 Å². The molecule has 0 radical (unpaired) electrons. The molecule has 0 spiro atoms. The highest BCUT2D eigenvalue weighted by atomic mass is 15.1. The average molecular weight is 200 g/mol. The molecule has 0 aliphatic heterocycles. The molecule has 0 aromatic rings. The van der Waals surface area contributed by atoms with Gasteiger partial charge in [0.2, 0.25) is 0 Å². The van der Waals surface area contributed by atoms with Crippen molar-refractivity contribution in [2.24, 2.45) is 17.1 Å². The van der Waals surface area contributed by atoms with E-state index in [2.05, 4.69) is 39.6 Å². The monoisotopic (exact) mass is 200 g/mol. The Kier molecular flexibility index (Phi) is 6.38. The van der Waals surface area contributed by atoms with Crippen LogP contribution in [0, 0.1) is 11.3 Å². The second-order valence-corrected chi connectivity index (χ2v) is 5.41. The van der Waals surface area contributed by atoms with Gasteiger partial charge in [0.15, 0.2) is 0 Å². The van der Waals surface area contributed by atoms with Crippen LogP contribution in [0.2, 0.25) is 0 Å². The Hall–Kier alpha value is -0.0800. The van der Waals surface area contributed by atoms with E-state index >= 15 is 0 Å². The topological polar surface area (TPSA) is 29.3 Å². The molecule has 0 fully saturated rings. The third-order valence-corrected chi connectivity index (χ3v) is 2.81. The molecule has 0 amide bonds. The number of hydrogen-bond donors (Lipinski definition) is 1. The van der Waals surface area contributed by atoms with E-state index in [9.17, 15) is 0 Å². The standard InChI is InChI=1S/C12H28N2/c1-6-11(2)9-12(3,4)10-14(5)8-7-13/h11H,6-10,13H2,1-5H3. The molecule has 0 aliphatic rings. The van der Waals surface area contributed by atoms with Gasteiger partial charge < -0.3 is 10.6 Å². The highest BCUT2D eigenvalue weighted by Gasteiger charge is 2.21. The van der Waals surface area contributed by atoms with E-state index in [1.165, 1.54) is 12.8 Å². The molecule has 1 unspecified atom stereocenters. The predicted octanol–water partition coefficient (Wildman–Crippen LogP) is 2.34. The van der Waals surface area contributed by atoms with Gasteiger partial charge in [0.05, 0.1) is 0 Å². The molecule has 1 atom stereocenters. The summed E-state index contributed by atoms with van der Waals surface area (Å²) >= 11 is 0. The third-order valence-electron chi connectivity index (χ3n) is 2.81. The molecule has 0 aliphatic carbocycles. The zero-order valence-corrected chi connectivity index (χ0v) is 10.6. The molecule has 0 saturated heterocycles. The quantitative estimate of drug-likeness (QED) is 0.683. The molecule has 0 heterocycles. The van der Waals surface area contributed by atoms with Crippen molar-refractivity contribution in [2.45, 2.75) is 40.5 Å². The maximum absolute atomic E-state index is 5.53. The van der Waals surface area contributed by atoms with Crippen LogP contribution in [-0.2, 0) is 0 Å². The van der Waals surface area contributed by atoms with Crippen molar-refractivity contribution >= 4 is 0 Å². The summed E-state index contributed by atoms with van der Waals surface area (Å²) in [5, 5.41) is 0. The van der Waals surface area contributed by atoms with Crippen LogP contribution in [0.15, 0.2) is 0 Å². The fraction of sp³-hybridized carbons (Fsp3) is 1.00. The molecule has 0 bridgehead atoms. The van der Waals surface area contributed by atoms with Crippen molar-refractivity contribution in [1.82, 2.24) is 4.90 Å². The van der Waals surface area contributed by atoms with Crippen LogP contribution in [0.1, 0.15) is 40.5 Å². The fourth-order valence-electron chi connectivity index (χ4n) is 2.18. The molecule has 2 N–H and O–H groups in total. The second kappa shape index (κ2) is 6.41. The van der Waals surface area contributed by atoms with Crippen LogP contribution in [-0.4, -0.2) is 31.6 Å². The highest BCUT2D eigenvalue weighted by Crippen LogP contribution is 2.27. The van der Waals surface area contributed by atoms with Gasteiger partial charge >= 0.3 is 0 Å². The summed E-state index contributed by atoms with van der Waals surface area (Å²) in [6.07, 6.45) is 2.59. The molecule has 0 saturated carbocycles. The van der Waals surface area contributed by atoms with Crippen LogP contribution in [0.5, 0.6) is 0 Å². The first-order valence-corrected chi connectivity index (χ1v) is 5.80. The zero-order valence-electron chi connectivity index (χ0n) is 10.6. The summed E-state index contributed by atoms with van der Waals surface area (Å²) in [6.45, 7) is 12.2. The molecule has 0 aromatic carbocycles. The minimum Gasteiger partial charge on any atom is -0.329 e. The van der Waals surface area contributed by atoms with Crippen LogP contribution in [0.25, 0.3) is 0 Å². The minimum absolute atomic E-state index is 0.416. The van der Waals surface area contributed by atoms with Crippen molar-refractivity contribution in [2.75, 3.05) is 26.7 Å². The van der Waals surface area contributed by atoms with Gasteiger partial charge in [-0.05, 0) is 24.8 Å². The Morgan fingerprint density at radius 3 is 2.36 bits per heavy atom. The lowest BCUT2D eigenvalue weighted by Gasteiger charge is -2.32. The van der Waals surface area contributed by atoms with Gasteiger partial charge in [0.1, 0.15) is 0 Å². The van der Waals surface area contributed by atoms with Gasteiger partial charge in [-0.15, -0.1) is 0 Å². The molecule has 86 valence electrons. The van der Waals surface area contributed by atoms with E-state index in [4.69, 9.17) is 5.73 Å². The van der Waals surface area contributed by atoms with E-state index < -0.39 is 0 Å². The van der Waals surface area contributed by atoms with Gasteiger partial charge in [-0.3, -0.25) is 0 Å². The molecule has 2 nitrogen and oxygen atoms in total. The zero-order chi connectivity index (χ0) is 11.2. The summed E-state index contributed by atoms with van der Waals surface area (Å²) in [5.41, 5.74) is 5.95. The normalized spacial score (nSPS) is 14.8. The number of hydrogen-bond acceptors (Lipinski definition) is 2. The first kappa shape index (κ1) is 13.9. The van der Waals surface area contributed by atoms with E-state index in [-0.39, 0.29) is 0 Å². The lowest BCUT2D eigenvalue weighted by Crippen LogP contribution is -2.35. The molecular formula is C12H28N2. The lowest BCUT2D eigenvalue weighted by atomic mass is 9.82. The van der Waals surface area contributed by atoms with Crippen LogP contribution in [0.3, 0.4) is 0 Å². The SMILES string of the molecule is CCC(C)CC(C)(C)CN(C)CCN. The number of nitrogens with two attached hydrogens (primary N) is 1. The van der Waals surface area contributed by atoms with Crippen molar-refractivity contribution in [1.29, 1.82) is 0 Å². The molecule has 0 rings (SSSR count). The summed E-state index contributed by atoms with van der Waals surface area (Å²) in [7, 11) is 2.16. The number of nitrogens with zero attached hydrogens (tertiary/aromatic N) is 1.